The maximum Gasteiger partial charge on any atom is 0.156 e. The van der Waals surface area contributed by atoms with E-state index in [1.165, 1.54) is 0 Å². The molecule has 0 fully saturated rings. The molecule has 2 nitrogen and oxygen atoms in total. The second-order valence-corrected chi connectivity index (χ2v) is 2.72. The van der Waals surface area contributed by atoms with Gasteiger partial charge in [0.05, 0.1) is 5.75 Å². The van der Waals surface area contributed by atoms with E-state index < -0.39 is 11.1 Å². The Morgan fingerprint density at radius 2 is 2.22 bits per heavy atom. The second-order valence-electron chi connectivity index (χ2n) is 1.75. The summed E-state index contributed by atoms with van der Waals surface area (Å²) in [6.07, 6.45) is 5.75. The Bertz CT molecular complexity index is 110. The average Bonchev–Trinajstić information content (AvgIpc) is 1.80. The molecule has 0 rings (SSSR count). The van der Waals surface area contributed by atoms with Crippen LogP contribution in [-0.2, 0) is 11.1 Å². The first kappa shape index (κ1) is 8.85. The Morgan fingerprint density at radius 1 is 1.56 bits per heavy atom. The highest BCUT2D eigenvalue weighted by Gasteiger charge is 1.83. The summed E-state index contributed by atoms with van der Waals surface area (Å²) in [6, 6.07) is 0. The Labute approximate surface area is 58.3 Å². The molecular formula is C6H12O2S. The Hall–Kier alpha value is -0.150. The van der Waals surface area contributed by atoms with Crippen LogP contribution in [0.4, 0.5) is 0 Å². The molecule has 54 valence electrons. The van der Waals surface area contributed by atoms with E-state index in [0.717, 1.165) is 12.8 Å². The zero-order valence-corrected chi connectivity index (χ0v) is 6.36. The maximum atomic E-state index is 10.0. The minimum atomic E-state index is -1.66. The van der Waals surface area contributed by atoms with Crippen LogP contribution in [0.1, 0.15) is 19.8 Å². The molecule has 1 N–H and O–H groups in total. The summed E-state index contributed by atoms with van der Waals surface area (Å²) in [5.41, 5.74) is 0. The molecule has 0 aromatic rings. The van der Waals surface area contributed by atoms with E-state index >= 15 is 0 Å². The van der Waals surface area contributed by atoms with Crippen molar-refractivity contribution in [3.8, 4) is 0 Å². The summed E-state index contributed by atoms with van der Waals surface area (Å²) in [5.74, 6) is 0.264. The van der Waals surface area contributed by atoms with Gasteiger partial charge in [-0.3, -0.25) is 0 Å². The third-order valence-electron chi connectivity index (χ3n) is 0.861. The summed E-state index contributed by atoms with van der Waals surface area (Å²) in [4.78, 5) is 0. The zero-order chi connectivity index (χ0) is 7.11. The molecule has 0 bridgehead atoms. The molecule has 0 aliphatic carbocycles. The largest absolute Gasteiger partial charge is 0.306 e. The average molecular weight is 148 g/mol. The van der Waals surface area contributed by atoms with E-state index in [-0.39, 0.29) is 5.75 Å². The SMILES string of the molecule is CCCC=CCS(=O)O. The number of allylic oxidation sites excluding steroid dienone is 1. The highest BCUT2D eigenvalue weighted by molar-refractivity contribution is 7.79. The lowest BCUT2D eigenvalue weighted by molar-refractivity contribution is 0.567. The van der Waals surface area contributed by atoms with Crippen molar-refractivity contribution in [1.82, 2.24) is 0 Å². The van der Waals surface area contributed by atoms with Gasteiger partial charge in [0.25, 0.3) is 0 Å². The van der Waals surface area contributed by atoms with Crippen molar-refractivity contribution in [3.05, 3.63) is 12.2 Å². The summed E-state index contributed by atoms with van der Waals surface area (Å²) in [7, 11) is 0. The first-order valence-corrected chi connectivity index (χ1v) is 4.27. The topological polar surface area (TPSA) is 37.3 Å². The van der Waals surface area contributed by atoms with Gasteiger partial charge in [0.1, 0.15) is 0 Å². The third kappa shape index (κ3) is 7.85. The van der Waals surface area contributed by atoms with Crippen molar-refractivity contribution in [2.75, 3.05) is 5.75 Å². The van der Waals surface area contributed by atoms with E-state index in [0.29, 0.717) is 0 Å². The summed E-state index contributed by atoms with van der Waals surface area (Å²) >= 11 is -1.66. The summed E-state index contributed by atoms with van der Waals surface area (Å²) in [6.45, 7) is 2.07. The highest BCUT2D eigenvalue weighted by atomic mass is 32.2. The van der Waals surface area contributed by atoms with E-state index in [1.807, 2.05) is 6.08 Å². The van der Waals surface area contributed by atoms with Crippen molar-refractivity contribution < 1.29 is 8.76 Å². The molecule has 0 amide bonds. The predicted octanol–water partition coefficient (Wildman–Crippen LogP) is 1.56. The standard InChI is InChI=1S/C6H12O2S/c1-2-3-4-5-6-9(7)8/h4-5H,2-3,6H2,1H3,(H,7,8). The van der Waals surface area contributed by atoms with Gasteiger partial charge in [-0.15, -0.1) is 0 Å². The van der Waals surface area contributed by atoms with Crippen molar-refractivity contribution in [2.45, 2.75) is 19.8 Å². The number of rotatable bonds is 4. The summed E-state index contributed by atoms with van der Waals surface area (Å²) in [5, 5.41) is 0. The minimum absolute atomic E-state index is 0.264. The molecule has 9 heavy (non-hydrogen) atoms. The van der Waals surface area contributed by atoms with Gasteiger partial charge in [-0.25, -0.2) is 4.21 Å². The molecule has 0 saturated heterocycles. The Kier molecular flexibility index (Phi) is 5.88. The van der Waals surface area contributed by atoms with Gasteiger partial charge in [-0.1, -0.05) is 25.5 Å². The Morgan fingerprint density at radius 3 is 2.67 bits per heavy atom. The van der Waals surface area contributed by atoms with Gasteiger partial charge in [-0.05, 0) is 6.42 Å². The van der Waals surface area contributed by atoms with Crippen molar-refractivity contribution >= 4 is 11.1 Å². The van der Waals surface area contributed by atoms with E-state index in [2.05, 4.69) is 6.92 Å². The normalized spacial score (nSPS) is 14.4. The van der Waals surface area contributed by atoms with Crippen LogP contribution < -0.4 is 0 Å². The van der Waals surface area contributed by atoms with Crippen LogP contribution in [0.25, 0.3) is 0 Å². The molecule has 0 saturated carbocycles. The van der Waals surface area contributed by atoms with Crippen LogP contribution in [0, 0.1) is 0 Å². The van der Waals surface area contributed by atoms with E-state index in [4.69, 9.17) is 4.55 Å². The van der Waals surface area contributed by atoms with Crippen molar-refractivity contribution in [2.24, 2.45) is 0 Å². The van der Waals surface area contributed by atoms with Gasteiger partial charge in [0, 0.05) is 0 Å². The molecule has 0 spiro atoms. The first-order chi connectivity index (χ1) is 4.27. The molecule has 1 atom stereocenters. The lowest BCUT2D eigenvalue weighted by atomic mass is 10.3. The van der Waals surface area contributed by atoms with E-state index in [9.17, 15) is 4.21 Å². The lowest BCUT2D eigenvalue weighted by Crippen LogP contribution is -1.88. The number of unbranched alkanes of at least 4 members (excludes halogenated alkanes) is 1. The molecule has 0 aromatic heterocycles. The van der Waals surface area contributed by atoms with Gasteiger partial charge in [0.2, 0.25) is 0 Å². The number of hydrogen-bond acceptors (Lipinski definition) is 1. The van der Waals surface area contributed by atoms with Crippen LogP contribution in [-0.4, -0.2) is 14.5 Å². The number of hydrogen-bond donors (Lipinski definition) is 1. The predicted molar refractivity (Wildman–Crippen MR) is 39.7 cm³/mol. The molecule has 0 aliphatic rings. The van der Waals surface area contributed by atoms with Gasteiger partial charge >= 0.3 is 0 Å². The molecule has 3 heteroatoms. The fourth-order valence-electron chi connectivity index (χ4n) is 0.435. The van der Waals surface area contributed by atoms with Crippen LogP contribution in [0.3, 0.4) is 0 Å². The molecule has 0 radical (unpaired) electrons. The second kappa shape index (κ2) is 5.98. The fourth-order valence-corrected chi connectivity index (χ4v) is 0.736. The smallest absolute Gasteiger partial charge is 0.156 e. The quantitative estimate of drug-likeness (QED) is 0.485. The van der Waals surface area contributed by atoms with Gasteiger partial charge in [-0.2, -0.15) is 0 Å². The third-order valence-corrected chi connectivity index (χ3v) is 1.34. The summed E-state index contributed by atoms with van der Waals surface area (Å²) < 4.78 is 18.3. The molecule has 1 unspecified atom stereocenters. The molecule has 0 heterocycles. The maximum absolute atomic E-state index is 10.0. The lowest BCUT2D eigenvalue weighted by Gasteiger charge is -1.83. The van der Waals surface area contributed by atoms with Crippen LogP contribution in [0.5, 0.6) is 0 Å². The first-order valence-electron chi connectivity index (χ1n) is 2.99. The zero-order valence-electron chi connectivity index (χ0n) is 5.54. The van der Waals surface area contributed by atoms with Crippen molar-refractivity contribution in [3.63, 3.8) is 0 Å². The molecule has 0 aliphatic heterocycles. The van der Waals surface area contributed by atoms with Crippen LogP contribution in [0.2, 0.25) is 0 Å². The van der Waals surface area contributed by atoms with Crippen LogP contribution >= 0.6 is 0 Å². The van der Waals surface area contributed by atoms with Gasteiger partial charge in [0.15, 0.2) is 11.1 Å². The molecule has 0 aromatic carbocycles. The highest BCUT2D eigenvalue weighted by Crippen LogP contribution is 1.88. The van der Waals surface area contributed by atoms with Crippen molar-refractivity contribution in [1.29, 1.82) is 0 Å². The van der Waals surface area contributed by atoms with E-state index in [1.54, 1.807) is 6.08 Å². The van der Waals surface area contributed by atoms with Gasteiger partial charge < -0.3 is 4.55 Å². The molecular weight excluding hydrogens is 136 g/mol. The monoisotopic (exact) mass is 148 g/mol. The van der Waals surface area contributed by atoms with Crippen LogP contribution in [0.15, 0.2) is 12.2 Å². The minimum Gasteiger partial charge on any atom is -0.306 e. The fraction of sp³-hybridized carbons (Fsp3) is 0.667. The Balaban J connectivity index is 3.14.